The summed E-state index contributed by atoms with van der Waals surface area (Å²) in [6.45, 7) is 0. The first-order valence-electron chi connectivity index (χ1n) is 9.46. The Labute approximate surface area is 208 Å². The highest BCUT2D eigenvalue weighted by atomic mass is 35.5. The molecule has 2 aromatic heterocycles. The fourth-order valence-corrected chi connectivity index (χ4v) is 4.71. The van der Waals surface area contributed by atoms with Gasteiger partial charge in [-0.05, 0) is 48.5 Å². The summed E-state index contributed by atoms with van der Waals surface area (Å²) in [6.07, 6.45) is 3.22. The van der Waals surface area contributed by atoms with Gasteiger partial charge >= 0.3 is 0 Å². The van der Waals surface area contributed by atoms with Crippen LogP contribution in [0.25, 0.3) is 5.69 Å². The minimum absolute atomic E-state index is 0.0510. The highest BCUT2D eigenvalue weighted by molar-refractivity contribution is 7.98. The van der Waals surface area contributed by atoms with Crippen molar-refractivity contribution in [3.8, 4) is 5.69 Å². The highest BCUT2D eigenvalue weighted by Gasteiger charge is 2.22. The Morgan fingerprint density at radius 1 is 1.06 bits per heavy atom. The summed E-state index contributed by atoms with van der Waals surface area (Å²) in [5, 5.41) is 17.3. The second-order valence-electron chi connectivity index (χ2n) is 6.77. The maximum absolute atomic E-state index is 13.0. The molecule has 14 heteroatoms. The summed E-state index contributed by atoms with van der Waals surface area (Å²) in [7, 11) is -3.85. The molecule has 0 aliphatic carbocycles. The number of hydrogen-bond donors (Lipinski definition) is 2. The van der Waals surface area contributed by atoms with Crippen LogP contribution in [0.5, 0.6) is 0 Å². The first-order valence-corrected chi connectivity index (χ1v) is 12.7. The fourth-order valence-electron chi connectivity index (χ4n) is 2.89. The van der Waals surface area contributed by atoms with Gasteiger partial charge < -0.3 is 5.32 Å². The van der Waals surface area contributed by atoms with Crippen molar-refractivity contribution in [2.45, 2.75) is 15.8 Å². The summed E-state index contributed by atoms with van der Waals surface area (Å²) in [4.78, 5) is 21.3. The largest absolute Gasteiger partial charge is 0.321 e. The molecule has 0 aliphatic heterocycles. The molecular formula is C20H15Cl2N7O3S2. The average Bonchev–Trinajstić information content (AvgIpc) is 3.22. The van der Waals surface area contributed by atoms with Crippen LogP contribution in [0.2, 0.25) is 10.0 Å². The first-order chi connectivity index (χ1) is 16.2. The molecule has 0 fully saturated rings. The molecule has 0 saturated carbocycles. The number of thioether (sulfide) groups is 1. The van der Waals surface area contributed by atoms with E-state index in [1.54, 1.807) is 36.7 Å². The Kier molecular flexibility index (Phi) is 7.14. The summed E-state index contributed by atoms with van der Waals surface area (Å²) in [6, 6.07) is 12.0. The predicted molar refractivity (Wildman–Crippen MR) is 129 cm³/mol. The Hall–Kier alpha value is -3.03. The topological polar surface area (TPSA) is 146 Å². The quantitative estimate of drug-likeness (QED) is 0.269. The number of carbonyl (C=O) groups excluding carboxylic acids is 1. The number of nitrogens with two attached hydrogens (primary N) is 1. The monoisotopic (exact) mass is 535 g/mol. The summed E-state index contributed by atoms with van der Waals surface area (Å²) in [5.41, 5.74) is 1.37. The second-order valence-corrected chi connectivity index (χ2v) is 10.1. The molecule has 2 heterocycles. The Balaban J connectivity index is 1.66. The van der Waals surface area contributed by atoms with Gasteiger partial charge in [-0.25, -0.2) is 28.2 Å². The third-order valence-electron chi connectivity index (χ3n) is 4.39. The lowest BCUT2D eigenvalue weighted by Crippen LogP contribution is -2.16. The number of hydrogen-bond acceptors (Lipinski definition) is 8. The molecule has 2 aromatic carbocycles. The van der Waals surface area contributed by atoms with Gasteiger partial charge in [-0.2, -0.15) is 0 Å². The Morgan fingerprint density at radius 2 is 1.71 bits per heavy atom. The van der Waals surface area contributed by atoms with E-state index in [9.17, 15) is 13.2 Å². The lowest BCUT2D eigenvalue weighted by Gasteiger charge is -2.09. The predicted octanol–water partition coefficient (Wildman–Crippen LogP) is 3.56. The van der Waals surface area contributed by atoms with Crippen molar-refractivity contribution in [1.82, 2.24) is 25.0 Å². The summed E-state index contributed by atoms with van der Waals surface area (Å²) in [5.74, 6) is -0.291. The Morgan fingerprint density at radius 3 is 2.32 bits per heavy atom. The number of aromatic nitrogens is 5. The van der Waals surface area contributed by atoms with Crippen LogP contribution in [0.1, 0.15) is 16.2 Å². The lowest BCUT2D eigenvalue weighted by atomic mass is 10.2. The van der Waals surface area contributed by atoms with Gasteiger partial charge in [0.2, 0.25) is 10.0 Å². The molecule has 0 unspecified atom stereocenters. The number of carbonyl (C=O) groups is 1. The number of nitrogens with zero attached hydrogens (tertiary/aromatic N) is 5. The molecule has 1 amide bonds. The van der Waals surface area contributed by atoms with Gasteiger partial charge in [0.15, 0.2) is 10.9 Å². The van der Waals surface area contributed by atoms with Crippen LogP contribution in [0.3, 0.4) is 0 Å². The van der Waals surface area contributed by atoms with Crippen LogP contribution in [-0.4, -0.2) is 39.3 Å². The number of rotatable bonds is 7. The zero-order valence-corrected chi connectivity index (χ0v) is 20.2. The summed E-state index contributed by atoms with van der Waals surface area (Å²) < 4.78 is 24.4. The third kappa shape index (κ3) is 5.72. The van der Waals surface area contributed by atoms with E-state index in [0.29, 0.717) is 32.3 Å². The molecular weight excluding hydrogens is 521 g/mol. The standard InChI is InChI=1S/C20H15Cl2N7O3S2/c21-12-8-13(22)10-15(9-12)29-17(11-33-20-24-6-1-7-25-20)18(27-28-29)19(30)26-14-2-4-16(5-3-14)34(23,31)32/h1-10H,11H2,(H,26,30)(H2,23,31,32). The first kappa shape index (κ1) is 24.1. The van der Waals surface area contributed by atoms with Crippen LogP contribution in [0, 0.1) is 0 Å². The van der Waals surface area contributed by atoms with E-state index >= 15 is 0 Å². The average molecular weight is 536 g/mol. The lowest BCUT2D eigenvalue weighted by molar-refractivity contribution is 0.102. The van der Waals surface area contributed by atoms with E-state index in [2.05, 4.69) is 25.6 Å². The molecule has 0 bridgehead atoms. The van der Waals surface area contributed by atoms with Crippen molar-refractivity contribution >= 4 is 56.6 Å². The van der Waals surface area contributed by atoms with Gasteiger partial charge in [0.1, 0.15) is 0 Å². The third-order valence-corrected chi connectivity index (χ3v) is 6.64. The molecule has 4 rings (SSSR count). The van der Waals surface area contributed by atoms with Crippen LogP contribution >= 0.6 is 35.0 Å². The van der Waals surface area contributed by atoms with Crippen molar-refractivity contribution < 1.29 is 13.2 Å². The van der Waals surface area contributed by atoms with E-state index in [1.807, 2.05) is 0 Å². The van der Waals surface area contributed by atoms with Crippen molar-refractivity contribution in [2.75, 3.05) is 5.32 Å². The molecule has 3 N–H and O–H groups in total. The van der Waals surface area contributed by atoms with E-state index in [1.165, 1.54) is 40.7 Å². The van der Waals surface area contributed by atoms with Gasteiger partial charge in [-0.3, -0.25) is 4.79 Å². The van der Waals surface area contributed by atoms with Gasteiger partial charge in [-0.1, -0.05) is 40.2 Å². The number of amides is 1. The number of nitrogens with one attached hydrogen (secondary N) is 1. The zero-order valence-electron chi connectivity index (χ0n) is 17.1. The molecule has 0 spiro atoms. The second kappa shape index (κ2) is 10.1. The fraction of sp³-hybridized carbons (Fsp3) is 0.0500. The molecule has 174 valence electrons. The van der Waals surface area contributed by atoms with Gasteiger partial charge in [0.25, 0.3) is 5.91 Å². The molecule has 0 atom stereocenters. The molecule has 4 aromatic rings. The van der Waals surface area contributed by atoms with Crippen LogP contribution < -0.4 is 10.5 Å². The maximum Gasteiger partial charge on any atom is 0.278 e. The van der Waals surface area contributed by atoms with Gasteiger partial charge in [-0.15, -0.1) is 5.10 Å². The van der Waals surface area contributed by atoms with Gasteiger partial charge in [0.05, 0.1) is 16.3 Å². The SMILES string of the molecule is NS(=O)(=O)c1ccc(NC(=O)c2nnn(-c3cc(Cl)cc(Cl)c3)c2CSc2ncccn2)cc1. The van der Waals surface area contributed by atoms with Crippen molar-refractivity contribution in [3.63, 3.8) is 0 Å². The van der Waals surface area contributed by atoms with Gasteiger partial charge in [0, 0.05) is 33.9 Å². The zero-order chi connectivity index (χ0) is 24.3. The number of anilines is 1. The molecule has 0 radical (unpaired) electrons. The molecule has 0 aliphatic rings. The van der Waals surface area contributed by atoms with E-state index in [0.717, 1.165) is 0 Å². The highest BCUT2D eigenvalue weighted by Crippen LogP contribution is 2.27. The minimum atomic E-state index is -3.85. The number of benzene rings is 2. The minimum Gasteiger partial charge on any atom is -0.321 e. The number of sulfonamides is 1. The maximum atomic E-state index is 13.0. The Bertz CT molecular complexity index is 1430. The molecule has 34 heavy (non-hydrogen) atoms. The van der Waals surface area contributed by atoms with Crippen molar-refractivity contribution in [1.29, 1.82) is 0 Å². The molecule has 0 saturated heterocycles. The molecule has 10 nitrogen and oxygen atoms in total. The van der Waals surface area contributed by atoms with E-state index in [4.69, 9.17) is 28.3 Å². The summed E-state index contributed by atoms with van der Waals surface area (Å²) >= 11 is 13.6. The van der Waals surface area contributed by atoms with Crippen molar-refractivity contribution in [2.24, 2.45) is 5.14 Å². The van der Waals surface area contributed by atoms with E-state index in [-0.39, 0.29) is 16.3 Å². The van der Waals surface area contributed by atoms with Crippen LogP contribution in [0.4, 0.5) is 5.69 Å². The van der Waals surface area contributed by atoms with Crippen molar-refractivity contribution in [3.05, 3.63) is 82.4 Å². The normalized spacial score (nSPS) is 11.4. The van der Waals surface area contributed by atoms with Crippen LogP contribution in [-0.2, 0) is 15.8 Å². The van der Waals surface area contributed by atoms with E-state index < -0.39 is 15.9 Å². The number of halogens is 2. The number of primary sulfonamides is 1. The van der Waals surface area contributed by atoms with Crippen LogP contribution in [0.15, 0.2) is 71.0 Å². The smallest absolute Gasteiger partial charge is 0.278 e.